The molecule has 0 atom stereocenters. The van der Waals surface area contributed by atoms with Gasteiger partial charge in [-0.25, -0.2) is 0 Å². The molecule has 0 unspecified atom stereocenters. The van der Waals surface area contributed by atoms with E-state index in [1.165, 1.54) is 69.2 Å². The molecule has 0 radical (unpaired) electrons. The first kappa shape index (κ1) is 32.8. The smallest absolute Gasteiger partial charge is 0.138 e. The highest BCUT2D eigenvalue weighted by Crippen LogP contribution is 2.72. The van der Waals surface area contributed by atoms with Crippen molar-refractivity contribution in [1.29, 1.82) is 21.0 Å². The number of hydrogen-bond acceptors (Lipinski definition) is 10. The van der Waals surface area contributed by atoms with Crippen LogP contribution >= 0.6 is 45.3 Å². The number of methoxy groups -OCH3 is 2. The maximum Gasteiger partial charge on any atom is 0.138 e. The lowest BCUT2D eigenvalue weighted by molar-refractivity contribution is 0.373. The monoisotopic (exact) mass is 728 g/mol. The SMILES string of the molecule is COc1cc(C=C(C#N)C#N)sc1-c1cc2c(s1)C1=C(c3sc(-c4sc(C=C(C#N)C#N)cc4OC)cc3C13CCCCC3)C21CCCCC1. The highest BCUT2D eigenvalue weighted by molar-refractivity contribution is 7.24. The van der Waals surface area contributed by atoms with Crippen molar-refractivity contribution in [2.75, 3.05) is 14.2 Å². The van der Waals surface area contributed by atoms with Crippen LogP contribution in [0.2, 0.25) is 0 Å². The molecular weight excluding hydrogens is 697 g/mol. The summed E-state index contributed by atoms with van der Waals surface area (Å²) in [4.78, 5) is 9.09. The van der Waals surface area contributed by atoms with Crippen molar-refractivity contribution in [1.82, 2.24) is 0 Å². The first-order chi connectivity index (χ1) is 24.4. The van der Waals surface area contributed by atoms with Gasteiger partial charge in [0.25, 0.3) is 0 Å². The van der Waals surface area contributed by atoms with Gasteiger partial charge in [-0.05, 0) is 84.4 Å². The summed E-state index contributed by atoms with van der Waals surface area (Å²) < 4.78 is 11.8. The predicted molar refractivity (Wildman–Crippen MR) is 203 cm³/mol. The Bertz CT molecular complexity index is 2120. The number of nitriles is 4. The fourth-order valence-electron chi connectivity index (χ4n) is 8.88. The average molecular weight is 729 g/mol. The van der Waals surface area contributed by atoms with Gasteiger partial charge in [0.15, 0.2) is 0 Å². The van der Waals surface area contributed by atoms with Gasteiger partial charge >= 0.3 is 0 Å². The first-order valence-electron chi connectivity index (χ1n) is 16.9. The Kier molecular flexibility index (Phi) is 8.34. The van der Waals surface area contributed by atoms with E-state index in [9.17, 15) is 21.0 Å². The zero-order valence-electron chi connectivity index (χ0n) is 27.8. The third kappa shape index (κ3) is 4.85. The molecule has 0 N–H and O–H groups in total. The van der Waals surface area contributed by atoms with Gasteiger partial charge in [-0.1, -0.05) is 38.5 Å². The highest BCUT2D eigenvalue weighted by Gasteiger charge is 2.58. The standard InChI is InChI=1S/C40H32N4O2S4/c1-45-29-15-25(13-23(19-41)20-42)47-37(29)31-17-27-35(49-31)33-34(39(27)9-5-3-6-10-39)36-28(40(33)11-7-4-8-12-40)18-32(50-36)38-30(46-2)16-26(48-38)14-24(21-43)22-44/h13-18H,3-12H2,1-2H3. The van der Waals surface area contributed by atoms with E-state index in [1.807, 2.05) is 59.1 Å². The fourth-order valence-corrected chi connectivity index (χ4v) is 14.1. The van der Waals surface area contributed by atoms with Crippen molar-refractivity contribution < 1.29 is 9.47 Å². The lowest BCUT2D eigenvalue weighted by Gasteiger charge is -2.37. The minimum atomic E-state index is -0.0283. The molecule has 0 aromatic carbocycles. The molecule has 0 amide bonds. The molecule has 0 saturated heterocycles. The molecule has 4 aromatic rings. The zero-order valence-corrected chi connectivity index (χ0v) is 31.0. The second kappa shape index (κ2) is 12.7. The summed E-state index contributed by atoms with van der Waals surface area (Å²) in [5, 5.41) is 37.5. The fraction of sp³-hybridized carbons (Fsp3) is 0.350. The maximum absolute atomic E-state index is 9.38. The molecule has 2 spiro atoms. The number of nitrogens with zero attached hydrogens (tertiary/aromatic N) is 4. The number of hydrogen-bond donors (Lipinski definition) is 0. The Hall–Kier alpha value is -4.42. The summed E-state index contributed by atoms with van der Waals surface area (Å²) in [6.07, 6.45) is 15.2. The second-order valence-electron chi connectivity index (χ2n) is 13.4. The van der Waals surface area contributed by atoms with Crippen LogP contribution in [0, 0.1) is 45.3 Å². The van der Waals surface area contributed by atoms with Crippen LogP contribution in [0.4, 0.5) is 0 Å². The Balaban J connectivity index is 1.31. The van der Waals surface area contributed by atoms with Gasteiger partial charge in [0.2, 0.25) is 0 Å². The number of rotatable bonds is 6. The minimum Gasteiger partial charge on any atom is -0.495 e. The summed E-state index contributed by atoms with van der Waals surface area (Å²) >= 11 is 6.97. The number of ether oxygens (including phenoxy) is 2. The molecule has 50 heavy (non-hydrogen) atoms. The van der Waals surface area contributed by atoms with Gasteiger partial charge in [0.05, 0.1) is 24.0 Å². The van der Waals surface area contributed by atoms with Crippen molar-refractivity contribution in [3.8, 4) is 55.3 Å². The number of fused-ring (bicyclic) bond motifs is 8. The quantitative estimate of drug-likeness (QED) is 0.183. The molecule has 4 aliphatic rings. The van der Waals surface area contributed by atoms with Crippen LogP contribution in [0.5, 0.6) is 11.5 Å². The lowest BCUT2D eigenvalue weighted by Crippen LogP contribution is -2.28. The average Bonchev–Trinajstić information content (AvgIpc) is 3.99. The Labute approximate surface area is 308 Å². The Morgan fingerprint density at radius 2 is 0.940 bits per heavy atom. The van der Waals surface area contributed by atoms with Crippen molar-refractivity contribution in [3.63, 3.8) is 0 Å². The van der Waals surface area contributed by atoms with Crippen LogP contribution in [0.3, 0.4) is 0 Å². The van der Waals surface area contributed by atoms with E-state index in [0.717, 1.165) is 56.7 Å². The van der Waals surface area contributed by atoms with Crippen molar-refractivity contribution in [2.45, 2.75) is 75.0 Å². The van der Waals surface area contributed by atoms with Gasteiger partial charge in [0, 0.05) is 40.1 Å². The topological polar surface area (TPSA) is 114 Å². The molecule has 2 saturated carbocycles. The molecule has 4 aromatic heterocycles. The molecule has 2 fully saturated rings. The van der Waals surface area contributed by atoms with E-state index >= 15 is 0 Å². The van der Waals surface area contributed by atoms with E-state index in [4.69, 9.17) is 9.47 Å². The third-order valence-electron chi connectivity index (χ3n) is 10.9. The summed E-state index contributed by atoms with van der Waals surface area (Å²) in [5.41, 5.74) is 6.25. The molecule has 6 nitrogen and oxygen atoms in total. The summed E-state index contributed by atoms with van der Waals surface area (Å²) in [6.45, 7) is 0. The van der Waals surface area contributed by atoms with Gasteiger partial charge in [0.1, 0.15) is 46.9 Å². The number of thiophene rings is 4. The molecule has 8 rings (SSSR count). The number of allylic oxidation sites excluding steroid dienone is 4. The minimum absolute atomic E-state index is 0.0283. The van der Waals surface area contributed by atoms with Gasteiger partial charge < -0.3 is 9.47 Å². The lowest BCUT2D eigenvalue weighted by atomic mass is 9.67. The van der Waals surface area contributed by atoms with Crippen molar-refractivity contribution >= 4 is 68.6 Å². The summed E-state index contributed by atoms with van der Waals surface area (Å²) in [6, 6.07) is 16.7. The zero-order chi connectivity index (χ0) is 34.6. The molecule has 4 aliphatic carbocycles. The van der Waals surface area contributed by atoms with Crippen LogP contribution in [-0.2, 0) is 10.8 Å². The normalized spacial score (nSPS) is 17.6. The van der Waals surface area contributed by atoms with Gasteiger partial charge in [-0.3, -0.25) is 0 Å². The Morgan fingerprint density at radius 3 is 1.28 bits per heavy atom. The summed E-state index contributed by atoms with van der Waals surface area (Å²) in [7, 11) is 3.38. The molecule has 10 heteroatoms. The van der Waals surface area contributed by atoms with E-state index in [2.05, 4.69) is 12.1 Å². The molecular formula is C40H32N4O2S4. The van der Waals surface area contributed by atoms with Crippen LogP contribution < -0.4 is 9.47 Å². The van der Waals surface area contributed by atoms with E-state index in [-0.39, 0.29) is 22.0 Å². The van der Waals surface area contributed by atoms with E-state index in [0.29, 0.717) is 0 Å². The van der Waals surface area contributed by atoms with Crippen molar-refractivity contribution in [2.24, 2.45) is 0 Å². The molecule has 0 aliphatic heterocycles. The molecule has 4 heterocycles. The predicted octanol–water partition coefficient (Wildman–Crippen LogP) is 11.5. The van der Waals surface area contributed by atoms with Crippen molar-refractivity contribution in [3.05, 3.63) is 66.0 Å². The second-order valence-corrected chi connectivity index (χ2v) is 17.7. The molecule has 0 bridgehead atoms. The van der Waals surface area contributed by atoms with Crippen LogP contribution in [0.25, 0.3) is 42.8 Å². The van der Waals surface area contributed by atoms with Gasteiger partial charge in [-0.15, -0.1) is 45.3 Å². The van der Waals surface area contributed by atoms with E-state index < -0.39 is 0 Å². The maximum atomic E-state index is 9.38. The van der Waals surface area contributed by atoms with Crippen LogP contribution in [0.15, 0.2) is 35.4 Å². The highest BCUT2D eigenvalue weighted by atomic mass is 32.1. The van der Waals surface area contributed by atoms with Gasteiger partial charge in [-0.2, -0.15) is 21.0 Å². The summed E-state index contributed by atoms with van der Waals surface area (Å²) in [5.74, 6) is 1.56. The molecule has 248 valence electrons. The first-order valence-corrected chi connectivity index (χ1v) is 20.1. The van der Waals surface area contributed by atoms with Crippen LogP contribution in [0.1, 0.15) is 94.8 Å². The third-order valence-corrected chi connectivity index (χ3v) is 15.7. The Morgan fingerprint density at radius 1 is 0.560 bits per heavy atom. The van der Waals surface area contributed by atoms with Crippen LogP contribution in [-0.4, -0.2) is 14.2 Å². The van der Waals surface area contributed by atoms with E-state index in [1.54, 1.807) is 60.2 Å². The largest absolute Gasteiger partial charge is 0.495 e.